The zero-order valence-corrected chi connectivity index (χ0v) is 15.9. The summed E-state index contributed by atoms with van der Waals surface area (Å²) in [5, 5.41) is 28.3. The third-order valence-corrected chi connectivity index (χ3v) is 5.35. The molecule has 1 rings (SSSR count). The Kier molecular flexibility index (Phi) is 9.81. The number of carbonyl (C=O) groups excluding carboxylic acids is 1. The first-order valence-electron chi connectivity index (χ1n) is 9.79. The number of carboxylic acid groups (broad SMARTS) is 1. The predicted octanol–water partition coefficient (Wildman–Crippen LogP) is 3.64. The second kappa shape index (κ2) is 11.3. The van der Waals surface area contributed by atoms with Crippen LogP contribution in [0.3, 0.4) is 0 Å². The first-order chi connectivity index (χ1) is 12.3. The molecule has 1 fully saturated rings. The lowest BCUT2D eigenvalue weighted by atomic mass is 9.88. The zero-order valence-electron chi connectivity index (χ0n) is 15.9. The number of carbonyl (C=O) groups is 2. The number of rotatable bonds is 13. The average Bonchev–Trinajstić information content (AvgIpc) is 2.94. The summed E-state index contributed by atoms with van der Waals surface area (Å²) >= 11 is 0. The molecule has 4 atom stereocenters. The van der Waals surface area contributed by atoms with Crippen molar-refractivity contribution in [1.29, 1.82) is 0 Å². The number of aliphatic hydroxyl groups excluding tert-OH is 1. The van der Waals surface area contributed by atoms with Crippen LogP contribution in [0, 0.1) is 11.8 Å². The molecule has 0 radical (unpaired) electrons. The van der Waals surface area contributed by atoms with Crippen LogP contribution in [-0.4, -0.2) is 38.8 Å². The van der Waals surface area contributed by atoms with Gasteiger partial charge in [-0.3, -0.25) is 4.79 Å². The normalized spacial score (nSPS) is 23.9. The summed E-state index contributed by atoms with van der Waals surface area (Å²) in [6.07, 6.45) is 11.3. The minimum absolute atomic E-state index is 0.0265. The highest BCUT2D eigenvalue weighted by molar-refractivity contribution is 5.83. The molecule has 148 valence electrons. The Bertz CT molecular complexity index is 499. The summed E-state index contributed by atoms with van der Waals surface area (Å²) in [6.45, 7) is 5.74. The monoisotopic (exact) mass is 366 g/mol. The van der Waals surface area contributed by atoms with Gasteiger partial charge in [0.05, 0.1) is 5.60 Å². The van der Waals surface area contributed by atoms with E-state index in [0.29, 0.717) is 31.5 Å². The van der Waals surface area contributed by atoms with Crippen LogP contribution >= 0.6 is 0 Å². The minimum Gasteiger partial charge on any atom is -0.479 e. The third kappa shape index (κ3) is 7.42. The van der Waals surface area contributed by atoms with E-state index < -0.39 is 17.7 Å². The molecule has 5 nitrogen and oxygen atoms in total. The molecule has 0 spiro atoms. The fraction of sp³-hybridized carbons (Fsp3) is 0.714. The van der Waals surface area contributed by atoms with Gasteiger partial charge in [0, 0.05) is 12.3 Å². The number of hydrogen-bond donors (Lipinski definition) is 3. The van der Waals surface area contributed by atoms with Crippen molar-refractivity contribution in [2.24, 2.45) is 11.8 Å². The van der Waals surface area contributed by atoms with Crippen molar-refractivity contribution in [3.8, 4) is 0 Å². The Morgan fingerprint density at radius 2 is 2.12 bits per heavy atom. The molecular weight excluding hydrogens is 332 g/mol. The van der Waals surface area contributed by atoms with Gasteiger partial charge in [-0.2, -0.15) is 0 Å². The lowest BCUT2D eigenvalue weighted by Crippen LogP contribution is -2.24. The quantitative estimate of drug-likeness (QED) is 0.342. The van der Waals surface area contributed by atoms with E-state index >= 15 is 0 Å². The van der Waals surface area contributed by atoms with Gasteiger partial charge in [-0.25, -0.2) is 4.79 Å². The van der Waals surface area contributed by atoms with Crippen molar-refractivity contribution in [2.45, 2.75) is 82.8 Å². The Morgan fingerprint density at radius 3 is 2.73 bits per heavy atom. The molecule has 0 saturated heterocycles. The summed E-state index contributed by atoms with van der Waals surface area (Å²) in [5.74, 6) is -0.622. The van der Waals surface area contributed by atoms with Crippen LogP contribution in [0.15, 0.2) is 24.8 Å². The molecule has 1 aliphatic carbocycles. The molecular formula is C21H34O5. The van der Waals surface area contributed by atoms with Gasteiger partial charge in [-0.1, -0.05) is 50.8 Å². The third-order valence-electron chi connectivity index (χ3n) is 5.35. The standard InChI is InChI=1S/C21H34O5/c1-3-14-21(26,4-2)15-8-9-16-12-13-18(22)17(16)10-6-5-7-11-19(23)20(24)25/h4,8-9,16-17,19,23,26H,2-3,5-7,10-15H2,1H3,(H,24,25)/t16-,17+,19?,21?/m0/s1. The summed E-state index contributed by atoms with van der Waals surface area (Å²) in [4.78, 5) is 22.7. The lowest BCUT2D eigenvalue weighted by molar-refractivity contribution is -0.147. The second-order valence-electron chi connectivity index (χ2n) is 7.46. The molecule has 0 heterocycles. The van der Waals surface area contributed by atoms with Crippen molar-refractivity contribution in [2.75, 3.05) is 0 Å². The Hall–Kier alpha value is -1.46. The van der Waals surface area contributed by atoms with Crippen molar-refractivity contribution in [1.82, 2.24) is 0 Å². The Labute approximate surface area is 156 Å². The molecule has 0 aromatic rings. The number of Topliss-reactive ketones (excluding diaryl/α,β-unsaturated/α-hetero) is 1. The van der Waals surface area contributed by atoms with E-state index in [-0.39, 0.29) is 18.3 Å². The van der Waals surface area contributed by atoms with Crippen LogP contribution in [0.2, 0.25) is 0 Å². The van der Waals surface area contributed by atoms with E-state index in [1.165, 1.54) is 0 Å². The number of allylic oxidation sites excluding steroid dienone is 1. The second-order valence-corrected chi connectivity index (χ2v) is 7.46. The summed E-state index contributed by atoms with van der Waals surface area (Å²) in [5.41, 5.74) is -0.867. The van der Waals surface area contributed by atoms with Crippen molar-refractivity contribution in [3.05, 3.63) is 24.8 Å². The topological polar surface area (TPSA) is 94.8 Å². The van der Waals surface area contributed by atoms with Gasteiger partial charge in [0.1, 0.15) is 5.78 Å². The summed E-state index contributed by atoms with van der Waals surface area (Å²) < 4.78 is 0. The maximum Gasteiger partial charge on any atom is 0.332 e. The van der Waals surface area contributed by atoms with Gasteiger partial charge in [-0.05, 0) is 38.0 Å². The molecule has 0 aromatic heterocycles. The molecule has 1 saturated carbocycles. The smallest absolute Gasteiger partial charge is 0.332 e. The maximum absolute atomic E-state index is 12.1. The van der Waals surface area contributed by atoms with Gasteiger partial charge < -0.3 is 15.3 Å². The van der Waals surface area contributed by atoms with E-state index in [9.17, 15) is 19.8 Å². The van der Waals surface area contributed by atoms with Crippen LogP contribution in [-0.2, 0) is 9.59 Å². The van der Waals surface area contributed by atoms with E-state index in [2.05, 4.69) is 12.7 Å². The molecule has 0 aliphatic heterocycles. The number of aliphatic carboxylic acids is 1. The predicted molar refractivity (Wildman–Crippen MR) is 102 cm³/mol. The number of ketones is 1. The molecule has 0 bridgehead atoms. The number of carboxylic acids is 1. The van der Waals surface area contributed by atoms with E-state index in [1.54, 1.807) is 6.08 Å². The average molecular weight is 366 g/mol. The molecule has 26 heavy (non-hydrogen) atoms. The first-order valence-corrected chi connectivity index (χ1v) is 9.79. The van der Waals surface area contributed by atoms with Crippen molar-refractivity contribution >= 4 is 11.8 Å². The number of aliphatic hydroxyl groups is 2. The molecule has 0 aromatic carbocycles. The maximum atomic E-state index is 12.1. The lowest BCUT2D eigenvalue weighted by Gasteiger charge is -2.22. The van der Waals surface area contributed by atoms with Gasteiger partial charge >= 0.3 is 5.97 Å². The van der Waals surface area contributed by atoms with E-state index in [1.807, 2.05) is 13.0 Å². The molecule has 0 amide bonds. The highest BCUT2D eigenvalue weighted by atomic mass is 16.4. The van der Waals surface area contributed by atoms with Gasteiger partial charge in [0.15, 0.2) is 6.10 Å². The molecule has 1 aliphatic rings. The fourth-order valence-corrected chi connectivity index (χ4v) is 3.71. The fourth-order valence-electron chi connectivity index (χ4n) is 3.71. The van der Waals surface area contributed by atoms with Crippen LogP contribution < -0.4 is 0 Å². The zero-order chi connectivity index (χ0) is 19.6. The van der Waals surface area contributed by atoms with Crippen molar-refractivity contribution in [3.63, 3.8) is 0 Å². The van der Waals surface area contributed by atoms with Gasteiger partial charge in [-0.15, -0.1) is 6.58 Å². The summed E-state index contributed by atoms with van der Waals surface area (Å²) in [6, 6.07) is 0. The van der Waals surface area contributed by atoms with Crippen LogP contribution in [0.1, 0.15) is 71.1 Å². The van der Waals surface area contributed by atoms with Crippen LogP contribution in [0.4, 0.5) is 0 Å². The molecule has 2 unspecified atom stereocenters. The molecule has 5 heteroatoms. The Balaban J connectivity index is 2.41. The highest BCUT2D eigenvalue weighted by Crippen LogP contribution is 2.34. The number of unbranched alkanes of at least 4 members (excludes halogenated alkanes) is 2. The van der Waals surface area contributed by atoms with Crippen molar-refractivity contribution < 1.29 is 24.9 Å². The SMILES string of the molecule is C=CC(O)(CC=C[C@H]1CCC(=O)[C@@H]1CCCCCC(O)C(=O)O)CCC. The largest absolute Gasteiger partial charge is 0.479 e. The molecule has 3 N–H and O–H groups in total. The number of hydrogen-bond acceptors (Lipinski definition) is 4. The van der Waals surface area contributed by atoms with Crippen LogP contribution in [0.25, 0.3) is 0 Å². The van der Waals surface area contributed by atoms with E-state index in [4.69, 9.17) is 5.11 Å². The highest BCUT2D eigenvalue weighted by Gasteiger charge is 2.32. The summed E-state index contributed by atoms with van der Waals surface area (Å²) in [7, 11) is 0. The first kappa shape index (κ1) is 22.6. The van der Waals surface area contributed by atoms with Gasteiger partial charge in [0.25, 0.3) is 0 Å². The minimum atomic E-state index is -1.29. The Morgan fingerprint density at radius 1 is 1.38 bits per heavy atom. The van der Waals surface area contributed by atoms with E-state index in [0.717, 1.165) is 32.1 Å². The van der Waals surface area contributed by atoms with Crippen LogP contribution in [0.5, 0.6) is 0 Å². The van der Waals surface area contributed by atoms with Gasteiger partial charge in [0.2, 0.25) is 0 Å².